The van der Waals surface area contributed by atoms with Crippen LogP contribution in [0.4, 0.5) is 9.39 Å². The molecule has 1 aromatic heterocycles. The normalized spacial score (nSPS) is 13.4. The van der Waals surface area contributed by atoms with E-state index in [2.05, 4.69) is 11.4 Å². The van der Waals surface area contributed by atoms with Crippen LogP contribution in [0.5, 0.6) is 0 Å². The number of anilines is 1. The second-order valence-electron chi connectivity index (χ2n) is 6.93. The van der Waals surface area contributed by atoms with Gasteiger partial charge < -0.3 is 10.2 Å². The topological polar surface area (TPSA) is 107 Å². The fourth-order valence-electron chi connectivity index (χ4n) is 3.25. The molecule has 158 valence electrons. The third kappa shape index (κ3) is 4.86. The number of carbonyl (C=O) groups excluding carboxylic acids is 2. The van der Waals surface area contributed by atoms with Crippen LogP contribution in [0.25, 0.3) is 0 Å². The Morgan fingerprint density at radius 2 is 2.00 bits per heavy atom. The zero-order valence-corrected chi connectivity index (χ0v) is 17.9. The third-order valence-corrected chi connectivity index (χ3v) is 7.81. The highest BCUT2D eigenvalue weighted by Gasteiger charge is 2.26. The van der Waals surface area contributed by atoms with Gasteiger partial charge in [-0.3, -0.25) is 9.59 Å². The number of carbonyl (C=O) groups is 2. The minimum Gasteiger partial charge on any atom is -0.337 e. The molecule has 0 saturated heterocycles. The van der Waals surface area contributed by atoms with Gasteiger partial charge in [-0.15, -0.1) is 11.3 Å². The first-order valence-corrected chi connectivity index (χ1v) is 11.8. The van der Waals surface area contributed by atoms with Crippen LogP contribution in [0.15, 0.2) is 29.2 Å². The van der Waals surface area contributed by atoms with Gasteiger partial charge in [0.05, 0.1) is 22.8 Å². The van der Waals surface area contributed by atoms with Crippen molar-refractivity contribution in [2.45, 2.75) is 37.6 Å². The van der Waals surface area contributed by atoms with Gasteiger partial charge in [0.2, 0.25) is 11.8 Å². The minimum absolute atomic E-state index is 0.0111. The van der Waals surface area contributed by atoms with Crippen LogP contribution >= 0.6 is 11.3 Å². The molecule has 2 heterocycles. The minimum atomic E-state index is -3.61. The van der Waals surface area contributed by atoms with Gasteiger partial charge in [-0.25, -0.2) is 12.8 Å². The molecule has 10 heteroatoms. The zero-order valence-electron chi connectivity index (χ0n) is 16.3. The average molecular weight is 450 g/mol. The van der Waals surface area contributed by atoms with Gasteiger partial charge in [-0.2, -0.15) is 5.26 Å². The van der Waals surface area contributed by atoms with Crippen LogP contribution < -0.4 is 5.32 Å². The molecule has 1 aromatic carbocycles. The predicted molar refractivity (Wildman–Crippen MR) is 110 cm³/mol. The molecule has 0 saturated carbocycles. The maximum absolute atomic E-state index is 13.0. The molecule has 2 amide bonds. The molecule has 0 unspecified atom stereocenters. The van der Waals surface area contributed by atoms with Crippen molar-refractivity contribution in [3.8, 4) is 6.07 Å². The summed E-state index contributed by atoms with van der Waals surface area (Å²) in [4.78, 5) is 26.5. The van der Waals surface area contributed by atoms with E-state index in [-0.39, 0.29) is 35.3 Å². The van der Waals surface area contributed by atoms with E-state index in [0.29, 0.717) is 30.1 Å². The van der Waals surface area contributed by atoms with Crippen molar-refractivity contribution in [1.82, 2.24) is 4.90 Å². The Kier molecular flexibility index (Phi) is 6.53. The summed E-state index contributed by atoms with van der Waals surface area (Å²) in [6.45, 7) is 2.44. The van der Waals surface area contributed by atoms with Crippen LogP contribution in [0, 0.1) is 17.1 Å². The Hall–Kier alpha value is -2.77. The van der Waals surface area contributed by atoms with Crippen molar-refractivity contribution in [3.63, 3.8) is 0 Å². The Bertz CT molecular complexity index is 1120. The number of halogens is 1. The average Bonchev–Trinajstić information content (AvgIpc) is 3.03. The summed E-state index contributed by atoms with van der Waals surface area (Å²) in [5, 5.41) is 12.6. The fraction of sp³-hybridized carbons (Fsp3) is 0.350. The van der Waals surface area contributed by atoms with Gasteiger partial charge >= 0.3 is 0 Å². The van der Waals surface area contributed by atoms with Crippen molar-refractivity contribution >= 4 is 38.0 Å². The van der Waals surface area contributed by atoms with Gasteiger partial charge in [-0.1, -0.05) is 0 Å². The number of nitrogens with zero attached hydrogens (tertiary/aromatic N) is 2. The maximum Gasteiger partial charge on any atom is 0.225 e. The smallest absolute Gasteiger partial charge is 0.225 e. The largest absolute Gasteiger partial charge is 0.337 e. The first-order valence-electron chi connectivity index (χ1n) is 9.29. The molecule has 3 rings (SSSR count). The second kappa shape index (κ2) is 8.93. The summed E-state index contributed by atoms with van der Waals surface area (Å²) < 4.78 is 37.5. The van der Waals surface area contributed by atoms with Crippen molar-refractivity contribution in [2.75, 3.05) is 17.6 Å². The Morgan fingerprint density at radius 1 is 1.30 bits per heavy atom. The molecule has 30 heavy (non-hydrogen) atoms. The van der Waals surface area contributed by atoms with E-state index < -0.39 is 15.7 Å². The van der Waals surface area contributed by atoms with Crippen LogP contribution in [0.1, 0.15) is 35.8 Å². The number of nitriles is 1. The van der Waals surface area contributed by atoms with Crippen molar-refractivity contribution < 1.29 is 22.4 Å². The number of amides is 2. The fourth-order valence-corrected chi connectivity index (χ4v) is 5.79. The Balaban J connectivity index is 1.61. The van der Waals surface area contributed by atoms with E-state index in [1.165, 1.54) is 30.4 Å². The monoisotopic (exact) mass is 449 g/mol. The van der Waals surface area contributed by atoms with Gasteiger partial charge in [-0.05, 0) is 42.7 Å². The Morgan fingerprint density at radius 3 is 2.63 bits per heavy atom. The second-order valence-corrected chi connectivity index (χ2v) is 10.1. The Labute approximate surface area is 178 Å². The summed E-state index contributed by atoms with van der Waals surface area (Å²) in [7, 11) is -3.61. The van der Waals surface area contributed by atoms with E-state index >= 15 is 0 Å². The van der Waals surface area contributed by atoms with E-state index in [1.807, 2.05) is 0 Å². The molecular formula is C20H20FN3O4S2. The predicted octanol–water partition coefficient (Wildman–Crippen LogP) is 2.86. The molecule has 1 aliphatic rings. The number of rotatable bonds is 6. The van der Waals surface area contributed by atoms with Crippen molar-refractivity contribution in [1.29, 1.82) is 5.26 Å². The maximum atomic E-state index is 13.0. The SMILES string of the molecule is CC(=O)N1CCc2c(sc(NC(=O)CCCS(=O)(=O)c3ccc(F)cc3)c2C#N)C1. The van der Waals surface area contributed by atoms with Gasteiger partial charge in [0.1, 0.15) is 16.9 Å². The highest BCUT2D eigenvalue weighted by Crippen LogP contribution is 2.36. The molecule has 0 spiro atoms. The molecule has 0 atom stereocenters. The van der Waals surface area contributed by atoms with Crippen LogP contribution in [-0.2, 0) is 32.4 Å². The highest BCUT2D eigenvalue weighted by molar-refractivity contribution is 7.91. The standard InChI is InChI=1S/C20H20FN3O4S2/c1-13(25)24-9-8-16-17(11-22)20(29-18(16)12-24)23-19(26)3-2-10-30(27,28)15-6-4-14(21)5-7-15/h4-7H,2-3,8-10,12H2,1H3,(H,23,26). The summed E-state index contributed by atoms with van der Waals surface area (Å²) in [5.41, 5.74) is 1.26. The summed E-state index contributed by atoms with van der Waals surface area (Å²) in [5.74, 6) is -1.19. The molecule has 7 nitrogen and oxygen atoms in total. The summed E-state index contributed by atoms with van der Waals surface area (Å²) >= 11 is 1.27. The van der Waals surface area contributed by atoms with Crippen molar-refractivity contribution in [2.24, 2.45) is 0 Å². The van der Waals surface area contributed by atoms with Crippen LogP contribution in [0.3, 0.4) is 0 Å². The first kappa shape index (κ1) is 21.9. The van der Waals surface area contributed by atoms with E-state index in [1.54, 1.807) is 4.90 Å². The molecule has 0 fully saturated rings. The summed E-state index contributed by atoms with van der Waals surface area (Å²) in [6, 6.07) is 6.68. The molecule has 1 aliphatic heterocycles. The number of nitrogens with one attached hydrogen (secondary N) is 1. The number of hydrogen-bond donors (Lipinski definition) is 1. The lowest BCUT2D eigenvalue weighted by atomic mass is 10.0. The van der Waals surface area contributed by atoms with Crippen LogP contribution in [-0.4, -0.2) is 37.4 Å². The lowest BCUT2D eigenvalue weighted by Gasteiger charge is -2.25. The number of benzene rings is 1. The highest BCUT2D eigenvalue weighted by atomic mass is 32.2. The first-order chi connectivity index (χ1) is 14.2. The van der Waals surface area contributed by atoms with Crippen LogP contribution in [0.2, 0.25) is 0 Å². The molecule has 2 aromatic rings. The van der Waals surface area contributed by atoms with E-state index in [4.69, 9.17) is 0 Å². The molecule has 0 bridgehead atoms. The van der Waals surface area contributed by atoms with E-state index in [9.17, 15) is 27.7 Å². The molecule has 1 N–H and O–H groups in total. The third-order valence-electron chi connectivity index (χ3n) is 4.86. The lowest BCUT2D eigenvalue weighted by Crippen LogP contribution is -2.33. The van der Waals surface area contributed by atoms with Gasteiger partial charge in [0.15, 0.2) is 9.84 Å². The molecule has 0 aliphatic carbocycles. The van der Waals surface area contributed by atoms with E-state index in [0.717, 1.165) is 22.6 Å². The number of fused-ring (bicyclic) bond motifs is 1. The number of thiophene rings is 1. The number of sulfone groups is 1. The molecule has 0 radical (unpaired) electrons. The summed E-state index contributed by atoms with van der Waals surface area (Å²) in [6.07, 6.45) is 0.615. The van der Waals surface area contributed by atoms with Gasteiger partial charge in [0.25, 0.3) is 0 Å². The quantitative estimate of drug-likeness (QED) is 0.683. The van der Waals surface area contributed by atoms with Crippen molar-refractivity contribution in [3.05, 3.63) is 46.1 Å². The lowest BCUT2D eigenvalue weighted by molar-refractivity contribution is -0.129. The van der Waals surface area contributed by atoms with Gasteiger partial charge in [0, 0.05) is 24.8 Å². The number of hydrogen-bond acceptors (Lipinski definition) is 6. The zero-order chi connectivity index (χ0) is 21.9. The molecular weight excluding hydrogens is 429 g/mol.